The number of nitrogens with zero attached hydrogens (tertiary/aromatic N) is 3. The van der Waals surface area contributed by atoms with Crippen LogP contribution < -0.4 is 0 Å². The van der Waals surface area contributed by atoms with Gasteiger partial charge in [0.25, 0.3) is 0 Å². The Morgan fingerprint density at radius 1 is 0.298 bits per heavy atom. The summed E-state index contributed by atoms with van der Waals surface area (Å²) in [6, 6.07) is 56.3. The molecule has 0 saturated carbocycles. The van der Waals surface area contributed by atoms with E-state index in [4.69, 9.17) is 19.4 Å². The molecule has 9 rings (SSSR count). The summed E-state index contributed by atoms with van der Waals surface area (Å²) >= 11 is 0. The van der Waals surface area contributed by atoms with Gasteiger partial charge in [-0.15, -0.1) is 0 Å². The minimum absolute atomic E-state index is 0.632. The third-order valence-corrected chi connectivity index (χ3v) is 8.77. The molecule has 47 heavy (non-hydrogen) atoms. The highest BCUT2D eigenvalue weighted by atomic mass is 16.3. The normalized spacial score (nSPS) is 11.4. The fraction of sp³-hybridized carbons (Fsp3) is 0. The number of benzene rings is 7. The van der Waals surface area contributed by atoms with E-state index in [1.807, 2.05) is 54.6 Å². The van der Waals surface area contributed by atoms with Crippen LogP contribution in [-0.4, -0.2) is 15.0 Å². The number of para-hydroxylation sites is 1. The highest BCUT2D eigenvalue weighted by Gasteiger charge is 2.16. The van der Waals surface area contributed by atoms with Crippen molar-refractivity contribution in [2.45, 2.75) is 0 Å². The van der Waals surface area contributed by atoms with E-state index in [0.717, 1.165) is 55.3 Å². The van der Waals surface area contributed by atoms with Crippen molar-refractivity contribution in [1.82, 2.24) is 15.0 Å². The Balaban J connectivity index is 1.17. The molecule has 4 heteroatoms. The SMILES string of the molecule is c1ccc(-c2nc(-c3ccc(-c4cccc5c4ccc4oc6ccccc6c45)cc3)nc(-c3ccccc3-c3ccccc3)n2)cc1. The standard InChI is InChI=1S/C43H27N3O/c1-3-12-28(13-4-1)33-16-7-8-17-36(33)43-45-41(30-14-5-2-6-15-30)44-42(46-43)31-24-22-29(23-25-31)32-19-11-20-35-34(32)26-27-39-40(35)37-18-9-10-21-38(37)47-39/h1-27H. The van der Waals surface area contributed by atoms with Gasteiger partial charge in [-0.05, 0) is 45.2 Å². The molecule has 0 atom stereocenters. The van der Waals surface area contributed by atoms with E-state index < -0.39 is 0 Å². The van der Waals surface area contributed by atoms with E-state index in [0.29, 0.717) is 17.5 Å². The van der Waals surface area contributed by atoms with Crippen LogP contribution in [0.4, 0.5) is 0 Å². The molecule has 9 aromatic rings. The Morgan fingerprint density at radius 2 is 0.830 bits per heavy atom. The zero-order valence-corrected chi connectivity index (χ0v) is 25.3. The van der Waals surface area contributed by atoms with Gasteiger partial charge >= 0.3 is 0 Å². The summed E-state index contributed by atoms with van der Waals surface area (Å²) in [6.45, 7) is 0. The smallest absolute Gasteiger partial charge is 0.164 e. The summed E-state index contributed by atoms with van der Waals surface area (Å²) < 4.78 is 6.17. The molecular weight excluding hydrogens is 574 g/mol. The molecule has 0 spiro atoms. The van der Waals surface area contributed by atoms with Crippen molar-refractivity contribution >= 4 is 32.7 Å². The van der Waals surface area contributed by atoms with E-state index in [-0.39, 0.29) is 0 Å². The predicted molar refractivity (Wildman–Crippen MR) is 192 cm³/mol. The maximum atomic E-state index is 6.17. The Hall–Kier alpha value is -6.39. The predicted octanol–water partition coefficient (Wildman–Crippen LogP) is 11.3. The summed E-state index contributed by atoms with van der Waals surface area (Å²) in [5.41, 5.74) is 9.13. The van der Waals surface area contributed by atoms with Crippen molar-refractivity contribution in [1.29, 1.82) is 0 Å². The monoisotopic (exact) mass is 601 g/mol. The van der Waals surface area contributed by atoms with Gasteiger partial charge in [-0.2, -0.15) is 0 Å². The van der Waals surface area contributed by atoms with E-state index in [1.54, 1.807) is 0 Å². The van der Waals surface area contributed by atoms with E-state index in [1.165, 1.54) is 16.3 Å². The molecule has 0 bridgehead atoms. The zero-order valence-electron chi connectivity index (χ0n) is 25.3. The van der Waals surface area contributed by atoms with Crippen molar-refractivity contribution in [3.05, 3.63) is 164 Å². The molecule has 0 radical (unpaired) electrons. The molecule has 0 unspecified atom stereocenters. The van der Waals surface area contributed by atoms with Gasteiger partial charge in [-0.3, -0.25) is 0 Å². The second kappa shape index (κ2) is 11.2. The van der Waals surface area contributed by atoms with E-state index in [2.05, 4.69) is 109 Å². The number of furan rings is 1. The fourth-order valence-electron chi connectivity index (χ4n) is 6.52. The van der Waals surface area contributed by atoms with Crippen LogP contribution in [-0.2, 0) is 0 Å². The van der Waals surface area contributed by atoms with E-state index >= 15 is 0 Å². The number of fused-ring (bicyclic) bond motifs is 5. The molecule has 0 fully saturated rings. The Morgan fingerprint density at radius 3 is 1.60 bits per heavy atom. The molecule has 0 amide bonds. The second-order valence-electron chi connectivity index (χ2n) is 11.6. The van der Waals surface area contributed by atoms with Gasteiger partial charge in [-0.25, -0.2) is 15.0 Å². The molecule has 2 heterocycles. The van der Waals surface area contributed by atoms with Gasteiger partial charge in [-0.1, -0.05) is 152 Å². The average molecular weight is 602 g/mol. The van der Waals surface area contributed by atoms with Crippen LogP contribution in [0.5, 0.6) is 0 Å². The first-order chi connectivity index (χ1) is 23.3. The van der Waals surface area contributed by atoms with Crippen LogP contribution in [0.3, 0.4) is 0 Å². The summed E-state index contributed by atoms with van der Waals surface area (Å²) in [4.78, 5) is 15.0. The van der Waals surface area contributed by atoms with Crippen LogP contribution in [0.15, 0.2) is 168 Å². The van der Waals surface area contributed by atoms with Gasteiger partial charge < -0.3 is 4.42 Å². The first kappa shape index (κ1) is 27.0. The Kier molecular flexibility index (Phi) is 6.43. The van der Waals surface area contributed by atoms with Crippen LogP contribution in [0.2, 0.25) is 0 Å². The summed E-state index contributed by atoms with van der Waals surface area (Å²) in [6.07, 6.45) is 0. The number of hydrogen-bond donors (Lipinski definition) is 0. The number of hydrogen-bond acceptors (Lipinski definition) is 4. The van der Waals surface area contributed by atoms with Crippen LogP contribution in [0.1, 0.15) is 0 Å². The van der Waals surface area contributed by atoms with Gasteiger partial charge in [0, 0.05) is 27.5 Å². The molecule has 0 aliphatic carbocycles. The highest BCUT2D eigenvalue weighted by Crippen LogP contribution is 2.39. The Labute approximate surface area is 271 Å². The van der Waals surface area contributed by atoms with Gasteiger partial charge in [0.2, 0.25) is 0 Å². The van der Waals surface area contributed by atoms with Gasteiger partial charge in [0.05, 0.1) is 0 Å². The van der Waals surface area contributed by atoms with Gasteiger partial charge in [0.1, 0.15) is 11.2 Å². The van der Waals surface area contributed by atoms with Crippen molar-refractivity contribution in [3.8, 4) is 56.4 Å². The molecular formula is C43H27N3O. The largest absolute Gasteiger partial charge is 0.456 e. The third kappa shape index (κ3) is 4.75. The topological polar surface area (TPSA) is 51.8 Å². The number of rotatable bonds is 5. The maximum Gasteiger partial charge on any atom is 0.164 e. The minimum Gasteiger partial charge on any atom is -0.456 e. The first-order valence-corrected chi connectivity index (χ1v) is 15.7. The Bertz CT molecular complexity index is 2550. The van der Waals surface area contributed by atoms with Crippen LogP contribution >= 0.6 is 0 Å². The summed E-state index contributed by atoms with van der Waals surface area (Å²) in [5, 5.41) is 4.65. The molecule has 0 aliphatic rings. The lowest BCUT2D eigenvalue weighted by atomic mass is 9.95. The molecule has 0 N–H and O–H groups in total. The summed E-state index contributed by atoms with van der Waals surface area (Å²) in [5.74, 6) is 1.92. The average Bonchev–Trinajstić information content (AvgIpc) is 3.55. The number of aromatic nitrogens is 3. The van der Waals surface area contributed by atoms with Gasteiger partial charge in [0.15, 0.2) is 17.5 Å². The lowest BCUT2D eigenvalue weighted by Gasteiger charge is -2.12. The van der Waals surface area contributed by atoms with Crippen LogP contribution in [0, 0.1) is 0 Å². The first-order valence-electron chi connectivity index (χ1n) is 15.7. The van der Waals surface area contributed by atoms with Crippen molar-refractivity contribution in [3.63, 3.8) is 0 Å². The fourth-order valence-corrected chi connectivity index (χ4v) is 6.52. The van der Waals surface area contributed by atoms with Crippen molar-refractivity contribution in [2.24, 2.45) is 0 Å². The quantitative estimate of drug-likeness (QED) is 0.197. The van der Waals surface area contributed by atoms with E-state index in [9.17, 15) is 0 Å². The molecule has 0 aliphatic heterocycles. The van der Waals surface area contributed by atoms with Crippen molar-refractivity contribution in [2.75, 3.05) is 0 Å². The molecule has 2 aromatic heterocycles. The maximum absolute atomic E-state index is 6.17. The minimum atomic E-state index is 0.632. The lowest BCUT2D eigenvalue weighted by Crippen LogP contribution is -2.01. The third-order valence-electron chi connectivity index (χ3n) is 8.77. The lowest BCUT2D eigenvalue weighted by molar-refractivity contribution is 0.669. The summed E-state index contributed by atoms with van der Waals surface area (Å²) in [7, 11) is 0. The highest BCUT2D eigenvalue weighted by molar-refractivity contribution is 6.20. The molecule has 0 saturated heterocycles. The molecule has 4 nitrogen and oxygen atoms in total. The van der Waals surface area contributed by atoms with Crippen molar-refractivity contribution < 1.29 is 4.42 Å². The van der Waals surface area contributed by atoms with Crippen LogP contribution in [0.25, 0.3) is 89.1 Å². The zero-order chi connectivity index (χ0) is 31.2. The molecule has 7 aromatic carbocycles. The second-order valence-corrected chi connectivity index (χ2v) is 11.6. The molecule has 220 valence electrons.